The van der Waals surface area contributed by atoms with Crippen LogP contribution in [0.5, 0.6) is 5.75 Å². The van der Waals surface area contributed by atoms with Crippen LogP contribution in [0.15, 0.2) is 78.4 Å². The van der Waals surface area contributed by atoms with Crippen LogP contribution in [0.25, 0.3) is 5.76 Å². The van der Waals surface area contributed by atoms with Gasteiger partial charge in [0.2, 0.25) is 0 Å². The SMILES string of the molecule is COc1ccc(C2/C(=C(\O)c3cccc(Cl)c3)C(=O)C(=O)N2Cc2cccc(C(F)(F)F)c2)cc1. The Morgan fingerprint density at radius 2 is 1.71 bits per heavy atom. The summed E-state index contributed by atoms with van der Waals surface area (Å²) in [5.41, 5.74) is -0.169. The van der Waals surface area contributed by atoms with E-state index in [1.165, 1.54) is 31.4 Å². The number of amides is 1. The fourth-order valence-corrected chi connectivity index (χ4v) is 4.20. The molecule has 5 nitrogen and oxygen atoms in total. The highest BCUT2D eigenvalue weighted by Gasteiger charge is 2.46. The first-order chi connectivity index (χ1) is 16.6. The molecule has 1 atom stereocenters. The van der Waals surface area contributed by atoms with E-state index >= 15 is 0 Å². The molecular formula is C26H19ClF3NO4. The van der Waals surface area contributed by atoms with E-state index in [0.29, 0.717) is 16.3 Å². The van der Waals surface area contributed by atoms with Crippen LogP contribution in [0.4, 0.5) is 13.2 Å². The molecule has 1 amide bonds. The molecule has 180 valence electrons. The van der Waals surface area contributed by atoms with Crippen LogP contribution in [-0.2, 0) is 22.3 Å². The molecule has 1 fully saturated rings. The molecule has 0 bridgehead atoms. The summed E-state index contributed by atoms with van der Waals surface area (Å²) in [6.07, 6.45) is -4.56. The fourth-order valence-electron chi connectivity index (χ4n) is 4.01. The number of ketones is 1. The third-order valence-corrected chi connectivity index (χ3v) is 5.91. The number of carbonyl (C=O) groups is 2. The van der Waals surface area contributed by atoms with Gasteiger partial charge in [-0.2, -0.15) is 13.2 Å². The number of nitrogens with zero attached hydrogens (tertiary/aromatic N) is 1. The van der Waals surface area contributed by atoms with E-state index < -0.39 is 35.2 Å². The standard InChI is InChI=1S/C26H19ClF3NO4/c1-35-20-10-8-16(9-11-20)22-21(23(32)17-5-3-7-19(27)13-17)24(33)25(34)31(22)14-15-4-2-6-18(12-15)26(28,29)30/h2-13,22,32H,14H2,1H3/b23-21+. The number of ether oxygens (including phenoxy) is 1. The van der Waals surface area contributed by atoms with Crippen molar-refractivity contribution in [2.45, 2.75) is 18.8 Å². The van der Waals surface area contributed by atoms with E-state index in [2.05, 4.69) is 0 Å². The van der Waals surface area contributed by atoms with Crippen LogP contribution in [0, 0.1) is 0 Å². The van der Waals surface area contributed by atoms with Crippen LogP contribution in [0.3, 0.4) is 0 Å². The van der Waals surface area contributed by atoms with Crippen LogP contribution in [-0.4, -0.2) is 28.8 Å². The van der Waals surface area contributed by atoms with Crippen molar-refractivity contribution in [2.24, 2.45) is 0 Å². The highest BCUT2D eigenvalue weighted by molar-refractivity contribution is 6.46. The smallest absolute Gasteiger partial charge is 0.416 e. The van der Waals surface area contributed by atoms with Gasteiger partial charge in [-0.3, -0.25) is 9.59 Å². The summed E-state index contributed by atoms with van der Waals surface area (Å²) in [5, 5.41) is 11.4. The van der Waals surface area contributed by atoms with E-state index in [0.717, 1.165) is 17.0 Å². The first-order valence-electron chi connectivity index (χ1n) is 10.4. The number of Topliss-reactive ketones (excluding diaryl/α,β-unsaturated/α-hetero) is 1. The topological polar surface area (TPSA) is 66.8 Å². The van der Waals surface area contributed by atoms with E-state index in [1.807, 2.05) is 0 Å². The first kappa shape index (κ1) is 24.3. The monoisotopic (exact) mass is 501 g/mol. The second-order valence-electron chi connectivity index (χ2n) is 7.91. The van der Waals surface area contributed by atoms with Gasteiger partial charge in [0, 0.05) is 17.1 Å². The summed E-state index contributed by atoms with van der Waals surface area (Å²) in [7, 11) is 1.48. The third kappa shape index (κ3) is 4.88. The van der Waals surface area contributed by atoms with Gasteiger partial charge >= 0.3 is 6.18 Å². The maximum absolute atomic E-state index is 13.2. The number of hydrogen-bond donors (Lipinski definition) is 1. The molecule has 0 saturated carbocycles. The molecule has 0 aromatic heterocycles. The van der Waals surface area contributed by atoms with Crippen LogP contribution in [0.2, 0.25) is 5.02 Å². The lowest BCUT2D eigenvalue weighted by atomic mass is 9.95. The van der Waals surface area contributed by atoms with Crippen molar-refractivity contribution in [1.29, 1.82) is 0 Å². The maximum Gasteiger partial charge on any atom is 0.416 e. The van der Waals surface area contributed by atoms with Crippen molar-refractivity contribution in [2.75, 3.05) is 7.11 Å². The summed E-state index contributed by atoms with van der Waals surface area (Å²) in [6, 6.07) is 16.1. The predicted molar refractivity (Wildman–Crippen MR) is 124 cm³/mol. The minimum Gasteiger partial charge on any atom is -0.507 e. The van der Waals surface area contributed by atoms with Gasteiger partial charge in [0.25, 0.3) is 11.7 Å². The number of aliphatic hydroxyl groups is 1. The maximum atomic E-state index is 13.2. The van der Waals surface area contributed by atoms with Gasteiger partial charge in [-0.15, -0.1) is 0 Å². The minimum absolute atomic E-state index is 0.183. The lowest BCUT2D eigenvalue weighted by Crippen LogP contribution is -2.29. The van der Waals surface area contributed by atoms with Gasteiger partial charge in [-0.05, 0) is 47.5 Å². The molecule has 35 heavy (non-hydrogen) atoms. The number of methoxy groups -OCH3 is 1. The summed E-state index contributed by atoms with van der Waals surface area (Å²) in [5.74, 6) is -1.79. The van der Waals surface area contributed by atoms with Gasteiger partial charge < -0.3 is 14.7 Å². The minimum atomic E-state index is -4.56. The molecule has 3 aromatic rings. The normalized spacial score (nSPS) is 17.6. The molecule has 1 saturated heterocycles. The summed E-state index contributed by atoms with van der Waals surface area (Å²) in [4.78, 5) is 27.3. The quantitative estimate of drug-likeness (QED) is 0.265. The van der Waals surface area contributed by atoms with Crippen molar-refractivity contribution in [3.63, 3.8) is 0 Å². The number of halogens is 4. The molecule has 4 rings (SSSR count). The first-order valence-corrected chi connectivity index (χ1v) is 10.8. The Balaban J connectivity index is 1.84. The van der Waals surface area contributed by atoms with Crippen LogP contribution in [0.1, 0.15) is 28.3 Å². The van der Waals surface area contributed by atoms with Gasteiger partial charge in [0.15, 0.2) is 0 Å². The van der Waals surface area contributed by atoms with Crippen molar-refractivity contribution < 1.29 is 32.6 Å². The number of alkyl halides is 3. The number of hydrogen-bond acceptors (Lipinski definition) is 4. The van der Waals surface area contributed by atoms with E-state index in [4.69, 9.17) is 16.3 Å². The average Bonchev–Trinajstić information content (AvgIpc) is 3.08. The Morgan fingerprint density at radius 1 is 1.03 bits per heavy atom. The molecule has 0 radical (unpaired) electrons. The molecule has 1 unspecified atom stereocenters. The third-order valence-electron chi connectivity index (χ3n) is 5.68. The molecule has 1 aliphatic heterocycles. The summed E-state index contributed by atoms with van der Waals surface area (Å²) in [6.45, 7) is -0.280. The average molecular weight is 502 g/mol. The summed E-state index contributed by atoms with van der Waals surface area (Å²) < 4.78 is 44.8. The Bertz CT molecular complexity index is 1320. The van der Waals surface area contributed by atoms with Crippen molar-refractivity contribution >= 4 is 29.1 Å². The second-order valence-corrected chi connectivity index (χ2v) is 8.35. The molecule has 1 aliphatic rings. The highest BCUT2D eigenvalue weighted by atomic mass is 35.5. The van der Waals surface area contributed by atoms with Crippen LogP contribution < -0.4 is 4.74 Å². The summed E-state index contributed by atoms with van der Waals surface area (Å²) >= 11 is 6.03. The Labute approximate surface area is 204 Å². The zero-order valence-electron chi connectivity index (χ0n) is 18.3. The van der Waals surface area contributed by atoms with Crippen LogP contribution >= 0.6 is 11.6 Å². The zero-order chi connectivity index (χ0) is 25.3. The Hall–Kier alpha value is -3.78. The number of rotatable bonds is 5. The van der Waals surface area contributed by atoms with Crippen molar-refractivity contribution in [1.82, 2.24) is 4.90 Å². The van der Waals surface area contributed by atoms with E-state index in [9.17, 15) is 27.9 Å². The number of carbonyl (C=O) groups excluding carboxylic acids is 2. The van der Waals surface area contributed by atoms with Gasteiger partial charge in [-0.1, -0.05) is 48.0 Å². The Morgan fingerprint density at radius 3 is 2.34 bits per heavy atom. The molecule has 1 heterocycles. The number of benzene rings is 3. The van der Waals surface area contributed by atoms with E-state index in [-0.39, 0.29) is 23.2 Å². The molecule has 0 aliphatic carbocycles. The fraction of sp³-hybridized carbons (Fsp3) is 0.154. The second kappa shape index (κ2) is 9.46. The number of likely N-dealkylation sites (tertiary alicyclic amines) is 1. The largest absolute Gasteiger partial charge is 0.507 e. The van der Waals surface area contributed by atoms with Gasteiger partial charge in [0.1, 0.15) is 11.5 Å². The Kier molecular flexibility index (Phi) is 6.58. The lowest BCUT2D eigenvalue weighted by molar-refractivity contribution is -0.140. The van der Waals surface area contributed by atoms with Crippen molar-refractivity contribution in [3.05, 3.63) is 106 Å². The predicted octanol–water partition coefficient (Wildman–Crippen LogP) is 5.99. The molecule has 0 spiro atoms. The van der Waals surface area contributed by atoms with Gasteiger partial charge in [0.05, 0.1) is 24.3 Å². The van der Waals surface area contributed by atoms with Crippen molar-refractivity contribution in [3.8, 4) is 5.75 Å². The van der Waals surface area contributed by atoms with Gasteiger partial charge in [-0.25, -0.2) is 0 Å². The zero-order valence-corrected chi connectivity index (χ0v) is 19.1. The molecule has 1 N–H and O–H groups in total. The highest BCUT2D eigenvalue weighted by Crippen LogP contribution is 2.41. The molecular weight excluding hydrogens is 483 g/mol. The molecule has 9 heteroatoms. The van der Waals surface area contributed by atoms with E-state index in [1.54, 1.807) is 36.4 Å². The molecule has 3 aromatic carbocycles. The number of aliphatic hydroxyl groups excluding tert-OH is 1. The lowest BCUT2D eigenvalue weighted by Gasteiger charge is -2.26.